The van der Waals surface area contributed by atoms with E-state index in [0.717, 1.165) is 36.4 Å². The van der Waals surface area contributed by atoms with Gasteiger partial charge in [0.1, 0.15) is 47.2 Å². The predicted octanol–water partition coefficient (Wildman–Crippen LogP) is 5.49. The number of sulfonamides is 1. The largest absolute Gasteiger partial charge is 0.505 e. The van der Waals surface area contributed by atoms with Crippen molar-refractivity contribution >= 4 is 138 Å². The molecular formula is C36H30N10O20S7. The van der Waals surface area contributed by atoms with Gasteiger partial charge < -0.3 is 22.3 Å². The van der Waals surface area contributed by atoms with E-state index in [4.69, 9.17) is 17.2 Å². The summed E-state index contributed by atoms with van der Waals surface area (Å²) in [6.45, 7) is 2.98. The lowest BCUT2D eigenvalue weighted by Gasteiger charge is -2.14. The zero-order chi connectivity index (χ0) is 54.6. The zero-order valence-corrected chi connectivity index (χ0v) is 41.3. The highest BCUT2D eigenvalue weighted by atomic mass is 32.2. The zero-order valence-electron chi connectivity index (χ0n) is 35.5. The number of sulfone groups is 1. The van der Waals surface area contributed by atoms with E-state index in [-0.39, 0.29) is 56.6 Å². The summed E-state index contributed by atoms with van der Waals surface area (Å²) in [6, 6.07) is 12.2. The summed E-state index contributed by atoms with van der Waals surface area (Å²) in [7, 11) is -36.2. The maximum atomic E-state index is 13.2. The third-order valence-electron chi connectivity index (χ3n) is 9.48. The number of aromatic hydroxyl groups is 1. The lowest BCUT2D eigenvalue weighted by Crippen LogP contribution is -2.12. The molecule has 30 nitrogen and oxygen atoms in total. The van der Waals surface area contributed by atoms with Gasteiger partial charge in [0.25, 0.3) is 60.6 Å². The monoisotopic (exact) mass is 1150 g/mol. The van der Waals surface area contributed by atoms with Crippen molar-refractivity contribution < 1.29 is 86.8 Å². The summed E-state index contributed by atoms with van der Waals surface area (Å²) in [5.41, 5.74) is 12.2. The Kier molecular flexibility index (Phi) is 14.4. The molecule has 6 aromatic carbocycles. The smallest absolute Gasteiger partial charge is 0.296 e. The van der Waals surface area contributed by atoms with E-state index in [1.807, 2.05) is 0 Å². The Labute approximate surface area is 412 Å². The Morgan fingerprint density at radius 2 is 0.918 bits per heavy atom. The molecule has 73 heavy (non-hydrogen) atoms. The predicted molar refractivity (Wildman–Crippen MR) is 254 cm³/mol. The molecule has 0 fully saturated rings. The van der Waals surface area contributed by atoms with Crippen LogP contribution in [0.1, 0.15) is 0 Å². The van der Waals surface area contributed by atoms with Crippen LogP contribution >= 0.6 is 0 Å². The van der Waals surface area contributed by atoms with Crippen LogP contribution in [0.3, 0.4) is 0 Å². The number of nitrogen functional groups attached to an aromatic ring is 3. The van der Waals surface area contributed by atoms with E-state index >= 15 is 0 Å². The average Bonchev–Trinajstić information content (AvgIpc) is 3.26. The first-order valence-corrected chi connectivity index (χ1v) is 28.9. The number of hydrogen-bond donors (Lipinski definition) is 10. The number of nitrogens with zero attached hydrogens (tertiary/aromatic N) is 6. The molecule has 6 aromatic rings. The molecule has 0 bridgehead atoms. The number of anilines is 4. The van der Waals surface area contributed by atoms with Crippen molar-refractivity contribution in [2.24, 2.45) is 30.7 Å². The summed E-state index contributed by atoms with van der Waals surface area (Å²) in [6.07, 6.45) is 0. The molecule has 0 aliphatic rings. The number of rotatable bonds is 16. The Morgan fingerprint density at radius 1 is 0.466 bits per heavy atom. The van der Waals surface area contributed by atoms with Crippen molar-refractivity contribution in [2.45, 2.75) is 34.3 Å². The molecule has 0 aromatic heterocycles. The lowest BCUT2D eigenvalue weighted by molar-refractivity contribution is 0.472. The molecule has 0 radical (unpaired) electrons. The fourth-order valence-corrected chi connectivity index (χ4v) is 11.9. The van der Waals surface area contributed by atoms with Crippen molar-refractivity contribution in [3.63, 3.8) is 0 Å². The Bertz CT molecular complexity index is 4270. The van der Waals surface area contributed by atoms with Gasteiger partial charge in [-0.1, -0.05) is 6.58 Å². The first kappa shape index (κ1) is 54.9. The number of phenolic OH excluding ortho intramolecular Hbond substituents is 1. The SMILES string of the molecule is C=CS(=O)(=O)c1cc(/N=N/c2c(S(=O)(=O)O)cc3cc(S(=O)(=O)O)c(/N=N/c4ccc(S(=O)(=O)Nc5ccc(/N=N/c6cc(S(=O)(=O)O)c(N)cc6N)cc5)cc4)c(O)c3c2N)c(S(=O)(=O)O)cc1S(=O)(=O)O. The van der Waals surface area contributed by atoms with E-state index in [2.05, 4.69) is 42.0 Å². The number of azo groups is 3. The minimum absolute atomic E-state index is 0.00537. The molecule has 0 unspecified atom stereocenters. The molecule has 0 saturated carbocycles. The number of benzene rings is 6. The van der Waals surface area contributed by atoms with Gasteiger partial charge in [0, 0.05) is 11.1 Å². The van der Waals surface area contributed by atoms with Gasteiger partial charge in [-0.2, -0.15) is 52.3 Å². The second-order valence-corrected chi connectivity index (χ2v) is 24.9. The molecule has 0 saturated heterocycles. The highest BCUT2D eigenvalue weighted by Gasteiger charge is 2.31. The van der Waals surface area contributed by atoms with E-state index in [1.54, 1.807) is 0 Å². The first-order chi connectivity index (χ1) is 33.4. The summed E-state index contributed by atoms with van der Waals surface area (Å²) in [5, 5.41) is 32.1. The minimum Gasteiger partial charge on any atom is -0.505 e. The first-order valence-electron chi connectivity index (χ1n) is 18.7. The Balaban J connectivity index is 1.36. The van der Waals surface area contributed by atoms with Crippen molar-refractivity contribution in [1.82, 2.24) is 0 Å². The molecular weight excluding hydrogens is 1120 g/mol. The van der Waals surface area contributed by atoms with E-state index in [0.29, 0.717) is 12.1 Å². The van der Waals surface area contributed by atoms with Crippen molar-refractivity contribution in [3.8, 4) is 5.75 Å². The van der Waals surface area contributed by atoms with Gasteiger partial charge in [-0.3, -0.25) is 27.5 Å². The number of phenols is 1. The van der Waals surface area contributed by atoms with Crippen LogP contribution in [0.4, 0.5) is 56.9 Å². The summed E-state index contributed by atoms with van der Waals surface area (Å²) in [5.74, 6) is -1.31. The van der Waals surface area contributed by atoms with E-state index in [1.165, 1.54) is 24.3 Å². The Hall–Kier alpha value is -7.43. The highest BCUT2D eigenvalue weighted by molar-refractivity contribution is 7.95. The quantitative estimate of drug-likeness (QED) is 0.0325. The van der Waals surface area contributed by atoms with Crippen LogP contribution in [0.15, 0.2) is 162 Å². The van der Waals surface area contributed by atoms with Gasteiger partial charge in [0.2, 0.25) is 9.84 Å². The maximum absolute atomic E-state index is 13.2. The van der Waals surface area contributed by atoms with Gasteiger partial charge in [-0.05, 0) is 90.3 Å². The number of fused-ring (bicyclic) bond motifs is 1. The van der Waals surface area contributed by atoms with Crippen LogP contribution in [0, 0.1) is 0 Å². The average molecular weight is 1150 g/mol. The molecule has 0 aliphatic heterocycles. The van der Waals surface area contributed by atoms with E-state index in [9.17, 15) is 86.8 Å². The molecule has 13 N–H and O–H groups in total. The summed E-state index contributed by atoms with van der Waals surface area (Å²) in [4.78, 5) is -8.22. The molecule has 0 aliphatic carbocycles. The van der Waals surface area contributed by atoms with Crippen LogP contribution in [0.25, 0.3) is 10.8 Å². The highest BCUT2D eigenvalue weighted by Crippen LogP contribution is 2.49. The Morgan fingerprint density at radius 3 is 1.42 bits per heavy atom. The van der Waals surface area contributed by atoms with Gasteiger partial charge in [-0.25, -0.2) is 16.8 Å². The number of nitrogens with two attached hydrogens (primary N) is 3. The van der Waals surface area contributed by atoms with Crippen molar-refractivity contribution in [1.29, 1.82) is 0 Å². The number of hydrogen-bond acceptors (Lipinski definition) is 24. The topological polar surface area (TPSA) is 525 Å². The van der Waals surface area contributed by atoms with Crippen molar-refractivity contribution in [3.05, 3.63) is 96.9 Å². The second-order valence-electron chi connectivity index (χ2n) is 14.4. The molecule has 0 amide bonds. The minimum atomic E-state index is -5.62. The van der Waals surface area contributed by atoms with Crippen molar-refractivity contribution in [2.75, 3.05) is 21.9 Å². The van der Waals surface area contributed by atoms with Crippen LogP contribution in [0.2, 0.25) is 0 Å². The van der Waals surface area contributed by atoms with Crippen LogP contribution < -0.4 is 21.9 Å². The molecule has 0 heterocycles. The third kappa shape index (κ3) is 11.9. The van der Waals surface area contributed by atoms with Crippen LogP contribution in [0.5, 0.6) is 5.75 Å². The van der Waals surface area contributed by atoms with Crippen LogP contribution in [-0.2, 0) is 70.5 Å². The van der Waals surface area contributed by atoms with Gasteiger partial charge in [0.05, 0.1) is 43.6 Å². The van der Waals surface area contributed by atoms with Crippen LogP contribution in [-0.4, -0.2) is 86.8 Å². The number of nitrogens with one attached hydrogen (secondary N) is 1. The lowest BCUT2D eigenvalue weighted by atomic mass is 10.1. The molecule has 6 rings (SSSR count). The van der Waals surface area contributed by atoms with Gasteiger partial charge in [0.15, 0.2) is 5.75 Å². The summed E-state index contributed by atoms with van der Waals surface area (Å²) < 4.78 is 225. The molecule has 386 valence electrons. The molecule has 0 atom stereocenters. The maximum Gasteiger partial charge on any atom is 0.296 e. The standard InChI is InChI=1S/C36H30N10O20S7/c1-2-67(48,49)28-15-25(27(70(55,56)57)16-29(28)71(58,59)60)43-44-34-30(72(61,62)63)11-17-12-31(73(64,65)66)35(36(47)32(17)33(34)39)45-41-19-7-9-21(10-8-19)68(50,51)46-20-5-3-18(4-6-20)40-42-24-14-26(69(52,53)54)23(38)13-22(24)37/h2-16,46-47H,1,37-39H2,(H,52,53,54)(H,55,56,57)(H,58,59,60)(H,61,62,63)(H,64,65,66)/b42-40+,44-43+,45-41+. The third-order valence-corrected chi connectivity index (χ3v) is 16.8. The van der Waals surface area contributed by atoms with Gasteiger partial charge >= 0.3 is 0 Å². The van der Waals surface area contributed by atoms with Gasteiger partial charge in [-0.15, -0.1) is 20.5 Å². The molecule has 37 heteroatoms. The fraction of sp³-hybridized carbons (Fsp3) is 0. The second kappa shape index (κ2) is 19.2. The normalized spacial score (nSPS) is 13.3. The van der Waals surface area contributed by atoms with E-state index < -0.39 is 139 Å². The molecule has 0 spiro atoms. The summed E-state index contributed by atoms with van der Waals surface area (Å²) >= 11 is 0. The fourth-order valence-electron chi connectivity index (χ4n) is 6.17.